The van der Waals surface area contributed by atoms with Gasteiger partial charge in [-0.2, -0.15) is 0 Å². The number of hydrogen-bond donors (Lipinski definition) is 1. The van der Waals surface area contributed by atoms with Gasteiger partial charge in [0.2, 0.25) is 10.0 Å². The summed E-state index contributed by atoms with van der Waals surface area (Å²) >= 11 is 0. The van der Waals surface area contributed by atoms with Crippen LogP contribution in [0.15, 0.2) is 55.1 Å². The zero-order valence-electron chi connectivity index (χ0n) is 16.1. The minimum atomic E-state index is -3.43. The molecular formula is C20H24N2O5S. The maximum atomic E-state index is 12.4. The van der Waals surface area contributed by atoms with Gasteiger partial charge in [-0.05, 0) is 42.0 Å². The largest absolute Gasteiger partial charge is 0.493 e. The number of nitrogens with one attached hydrogen (secondary N) is 1. The molecule has 0 aliphatic rings. The molecule has 0 heterocycles. The van der Waals surface area contributed by atoms with E-state index in [0.29, 0.717) is 29.3 Å². The fraction of sp³-hybridized carbons (Fsp3) is 0.250. The molecule has 0 aliphatic carbocycles. The second kappa shape index (κ2) is 9.27. The maximum Gasteiger partial charge on any atom is 0.251 e. The van der Waals surface area contributed by atoms with Crippen molar-refractivity contribution in [3.63, 3.8) is 0 Å². The molecule has 0 saturated heterocycles. The van der Waals surface area contributed by atoms with E-state index >= 15 is 0 Å². The topological polar surface area (TPSA) is 84.9 Å². The van der Waals surface area contributed by atoms with Gasteiger partial charge in [0, 0.05) is 12.1 Å². The molecule has 0 spiro atoms. The van der Waals surface area contributed by atoms with Crippen molar-refractivity contribution in [1.82, 2.24) is 5.32 Å². The van der Waals surface area contributed by atoms with Gasteiger partial charge >= 0.3 is 0 Å². The summed E-state index contributed by atoms with van der Waals surface area (Å²) in [5.41, 5.74) is 1.76. The van der Waals surface area contributed by atoms with E-state index in [4.69, 9.17) is 9.47 Å². The van der Waals surface area contributed by atoms with Gasteiger partial charge < -0.3 is 14.8 Å². The quantitative estimate of drug-likeness (QED) is 0.650. The minimum Gasteiger partial charge on any atom is -0.493 e. The lowest BCUT2D eigenvalue weighted by atomic mass is 10.1. The molecule has 0 radical (unpaired) electrons. The number of sulfonamides is 1. The SMILES string of the molecule is C=CCN(c1ccc(C(=O)NCc2ccc(OC)c(OC)c2)cc1)S(C)(=O)=O. The highest BCUT2D eigenvalue weighted by Crippen LogP contribution is 2.27. The third-order valence-electron chi connectivity index (χ3n) is 4.01. The van der Waals surface area contributed by atoms with Crippen molar-refractivity contribution >= 4 is 21.6 Å². The third kappa shape index (κ3) is 5.26. The molecule has 28 heavy (non-hydrogen) atoms. The van der Waals surface area contributed by atoms with Gasteiger partial charge in [0.05, 0.1) is 32.7 Å². The van der Waals surface area contributed by atoms with E-state index in [9.17, 15) is 13.2 Å². The van der Waals surface area contributed by atoms with Crippen LogP contribution in [0.5, 0.6) is 11.5 Å². The lowest BCUT2D eigenvalue weighted by Gasteiger charge is -2.20. The molecule has 2 rings (SSSR count). The summed E-state index contributed by atoms with van der Waals surface area (Å²) in [6.45, 7) is 4.04. The van der Waals surface area contributed by atoms with Crippen LogP contribution >= 0.6 is 0 Å². The lowest BCUT2D eigenvalue weighted by molar-refractivity contribution is 0.0951. The molecule has 7 nitrogen and oxygen atoms in total. The summed E-state index contributed by atoms with van der Waals surface area (Å²) in [5.74, 6) is 0.931. The zero-order chi connectivity index (χ0) is 20.7. The molecule has 8 heteroatoms. The molecule has 2 aromatic carbocycles. The van der Waals surface area contributed by atoms with Crippen LogP contribution in [0.4, 0.5) is 5.69 Å². The molecule has 0 aromatic heterocycles. The molecule has 2 aromatic rings. The summed E-state index contributed by atoms with van der Waals surface area (Å²) in [6, 6.07) is 11.8. The van der Waals surface area contributed by atoms with Gasteiger partial charge in [-0.25, -0.2) is 8.42 Å². The smallest absolute Gasteiger partial charge is 0.251 e. The van der Waals surface area contributed by atoms with E-state index in [2.05, 4.69) is 11.9 Å². The van der Waals surface area contributed by atoms with Crippen LogP contribution in [0.3, 0.4) is 0 Å². The molecule has 150 valence electrons. The van der Waals surface area contributed by atoms with E-state index in [0.717, 1.165) is 11.8 Å². The molecule has 0 aliphatic heterocycles. The fourth-order valence-corrected chi connectivity index (χ4v) is 3.48. The molecule has 0 saturated carbocycles. The van der Waals surface area contributed by atoms with Crippen molar-refractivity contribution in [2.24, 2.45) is 0 Å². The molecule has 0 unspecified atom stereocenters. The van der Waals surface area contributed by atoms with Gasteiger partial charge in [-0.3, -0.25) is 9.10 Å². The van der Waals surface area contributed by atoms with Crippen molar-refractivity contribution in [2.75, 3.05) is 31.3 Å². The highest BCUT2D eigenvalue weighted by Gasteiger charge is 2.16. The fourth-order valence-electron chi connectivity index (χ4n) is 2.60. The highest BCUT2D eigenvalue weighted by molar-refractivity contribution is 7.92. The van der Waals surface area contributed by atoms with Gasteiger partial charge in [0.15, 0.2) is 11.5 Å². The van der Waals surface area contributed by atoms with E-state index in [1.165, 1.54) is 10.4 Å². The molecule has 0 atom stereocenters. The Bertz CT molecular complexity index is 940. The molecule has 1 N–H and O–H groups in total. The Balaban J connectivity index is 2.08. The van der Waals surface area contributed by atoms with Crippen LogP contribution in [-0.4, -0.2) is 41.3 Å². The number of methoxy groups -OCH3 is 2. The predicted molar refractivity (Wildman–Crippen MR) is 110 cm³/mol. The Morgan fingerprint density at radius 3 is 2.29 bits per heavy atom. The first kappa shape index (κ1) is 21.3. The first-order valence-corrected chi connectivity index (χ1v) is 10.3. The van der Waals surface area contributed by atoms with E-state index < -0.39 is 10.0 Å². The number of hydrogen-bond acceptors (Lipinski definition) is 5. The van der Waals surface area contributed by atoms with Crippen LogP contribution in [0.1, 0.15) is 15.9 Å². The van der Waals surface area contributed by atoms with Crippen molar-refractivity contribution < 1.29 is 22.7 Å². The second-order valence-corrected chi connectivity index (χ2v) is 7.91. The standard InChI is InChI=1S/C20H24N2O5S/c1-5-12-22(28(4,24)25)17-9-7-16(8-10-17)20(23)21-14-15-6-11-18(26-2)19(13-15)27-3/h5-11,13H,1,12,14H2,2-4H3,(H,21,23). The Hall–Kier alpha value is -3.00. The summed E-state index contributed by atoms with van der Waals surface area (Å²) in [4.78, 5) is 12.4. The van der Waals surface area contributed by atoms with Crippen LogP contribution in [0.2, 0.25) is 0 Å². The molecule has 0 fully saturated rings. The molecule has 0 bridgehead atoms. The number of ether oxygens (including phenoxy) is 2. The normalized spacial score (nSPS) is 10.8. The van der Waals surface area contributed by atoms with Crippen LogP contribution in [0, 0.1) is 0 Å². The number of anilines is 1. The maximum absolute atomic E-state index is 12.4. The Kier molecular flexibility index (Phi) is 7.06. The van der Waals surface area contributed by atoms with Gasteiger partial charge in [0.1, 0.15) is 0 Å². The number of benzene rings is 2. The zero-order valence-corrected chi connectivity index (χ0v) is 17.0. The Morgan fingerprint density at radius 1 is 1.11 bits per heavy atom. The number of carbonyl (C=O) groups excluding carboxylic acids is 1. The van der Waals surface area contributed by atoms with Crippen molar-refractivity contribution in [2.45, 2.75) is 6.54 Å². The number of amides is 1. The summed E-state index contributed by atoms with van der Waals surface area (Å²) in [7, 11) is -0.324. The Labute approximate surface area is 165 Å². The van der Waals surface area contributed by atoms with Crippen molar-refractivity contribution in [3.8, 4) is 11.5 Å². The first-order chi connectivity index (χ1) is 13.3. The summed E-state index contributed by atoms with van der Waals surface area (Å²) in [5, 5.41) is 2.82. The van der Waals surface area contributed by atoms with Crippen molar-refractivity contribution in [1.29, 1.82) is 0 Å². The van der Waals surface area contributed by atoms with Gasteiger partial charge in [-0.1, -0.05) is 12.1 Å². The number of rotatable bonds is 9. The van der Waals surface area contributed by atoms with Gasteiger partial charge in [0.25, 0.3) is 5.91 Å². The summed E-state index contributed by atoms with van der Waals surface area (Å²) < 4.78 is 35.4. The van der Waals surface area contributed by atoms with Crippen LogP contribution in [-0.2, 0) is 16.6 Å². The lowest BCUT2D eigenvalue weighted by Crippen LogP contribution is -2.30. The highest BCUT2D eigenvalue weighted by atomic mass is 32.2. The van der Waals surface area contributed by atoms with Gasteiger partial charge in [-0.15, -0.1) is 6.58 Å². The van der Waals surface area contributed by atoms with Crippen LogP contribution < -0.4 is 19.1 Å². The third-order valence-corrected chi connectivity index (χ3v) is 5.17. The Morgan fingerprint density at radius 2 is 1.75 bits per heavy atom. The average molecular weight is 404 g/mol. The van der Waals surface area contributed by atoms with Crippen LogP contribution in [0.25, 0.3) is 0 Å². The number of nitrogens with zero attached hydrogens (tertiary/aromatic N) is 1. The molecule has 1 amide bonds. The van der Waals surface area contributed by atoms with Crippen molar-refractivity contribution in [3.05, 3.63) is 66.2 Å². The second-order valence-electron chi connectivity index (χ2n) is 6.00. The monoisotopic (exact) mass is 404 g/mol. The van der Waals surface area contributed by atoms with E-state index in [1.807, 2.05) is 6.07 Å². The van der Waals surface area contributed by atoms with E-state index in [-0.39, 0.29) is 12.5 Å². The number of carbonyl (C=O) groups is 1. The first-order valence-electron chi connectivity index (χ1n) is 8.48. The van der Waals surface area contributed by atoms with E-state index in [1.54, 1.807) is 50.6 Å². The molecular weight excluding hydrogens is 380 g/mol. The summed E-state index contributed by atoms with van der Waals surface area (Å²) in [6.07, 6.45) is 2.63. The minimum absolute atomic E-state index is 0.156. The average Bonchev–Trinajstić information content (AvgIpc) is 2.69. The predicted octanol–water partition coefficient (Wildman–Crippen LogP) is 2.59.